The van der Waals surface area contributed by atoms with Crippen molar-refractivity contribution in [1.29, 1.82) is 0 Å². The number of hydrazone groups is 1. The molecule has 0 saturated heterocycles. The fourth-order valence-corrected chi connectivity index (χ4v) is 4.42. The summed E-state index contributed by atoms with van der Waals surface area (Å²) in [5.74, 6) is 0.866. The van der Waals surface area contributed by atoms with E-state index in [1.807, 2.05) is 6.07 Å². The van der Waals surface area contributed by atoms with Crippen molar-refractivity contribution in [3.05, 3.63) is 44.5 Å². The first kappa shape index (κ1) is 19.4. The summed E-state index contributed by atoms with van der Waals surface area (Å²) in [6.07, 6.45) is 3.60. The fourth-order valence-electron chi connectivity index (χ4n) is 3.32. The Labute approximate surface area is 162 Å². The lowest BCUT2D eigenvalue weighted by Gasteiger charge is -2.16. The van der Waals surface area contributed by atoms with Crippen molar-refractivity contribution in [2.75, 3.05) is 0 Å². The summed E-state index contributed by atoms with van der Waals surface area (Å²) in [6.45, 7) is 5.83. The highest BCUT2D eigenvalue weighted by atomic mass is 32.1. The molecule has 0 bridgehead atoms. The minimum atomic E-state index is -0.865. The van der Waals surface area contributed by atoms with Crippen molar-refractivity contribution < 1.29 is 19.1 Å². The highest BCUT2D eigenvalue weighted by Gasteiger charge is 2.20. The zero-order chi connectivity index (χ0) is 19.6. The third-order valence-corrected chi connectivity index (χ3v) is 6.06. The monoisotopic (exact) mass is 388 g/mol. The highest BCUT2D eigenvalue weighted by molar-refractivity contribution is 7.14. The molecule has 0 unspecified atom stereocenters. The fraction of sp³-hybridized carbons (Fsp3) is 0.450. The summed E-state index contributed by atoms with van der Waals surface area (Å²) in [7, 11) is 0. The summed E-state index contributed by atoms with van der Waals surface area (Å²) in [5.41, 5.74) is 5.32. The van der Waals surface area contributed by atoms with Crippen LogP contribution in [0.15, 0.2) is 21.7 Å². The van der Waals surface area contributed by atoms with Crippen LogP contribution in [0.3, 0.4) is 0 Å². The molecule has 1 aliphatic carbocycles. The highest BCUT2D eigenvalue weighted by Crippen LogP contribution is 2.32. The predicted molar refractivity (Wildman–Crippen MR) is 105 cm³/mol. The number of carboxylic acids is 1. The number of amides is 1. The summed E-state index contributed by atoms with van der Waals surface area (Å²) in [5, 5.41) is 13.0. The van der Waals surface area contributed by atoms with Gasteiger partial charge in [0.05, 0.1) is 17.0 Å². The number of hydrogen-bond acceptors (Lipinski definition) is 5. The average Bonchev–Trinajstić information content (AvgIpc) is 3.20. The van der Waals surface area contributed by atoms with Crippen molar-refractivity contribution in [1.82, 2.24) is 5.43 Å². The molecule has 1 atom stereocenters. The van der Waals surface area contributed by atoms with E-state index < -0.39 is 5.97 Å². The van der Waals surface area contributed by atoms with Crippen LogP contribution in [-0.4, -0.2) is 22.7 Å². The maximum absolute atomic E-state index is 12.5. The molecule has 0 saturated carbocycles. The second kappa shape index (κ2) is 8.08. The SMILES string of the molecule is C/C(=N/NC(=O)c1cc2c(s1)CC[C@@H](C)C2)c1cc(CCC(=O)O)oc1C. The van der Waals surface area contributed by atoms with E-state index in [-0.39, 0.29) is 12.3 Å². The number of carbonyl (C=O) groups excluding carboxylic acids is 1. The van der Waals surface area contributed by atoms with Crippen LogP contribution >= 0.6 is 11.3 Å². The Morgan fingerprint density at radius 1 is 1.41 bits per heavy atom. The van der Waals surface area contributed by atoms with E-state index in [1.165, 1.54) is 16.9 Å². The number of nitrogens with one attached hydrogen (secondary N) is 1. The number of carboxylic acid groups (broad SMARTS) is 1. The van der Waals surface area contributed by atoms with Gasteiger partial charge in [-0.05, 0) is 56.7 Å². The minimum Gasteiger partial charge on any atom is -0.481 e. The number of thiophene rings is 1. The third-order valence-electron chi connectivity index (χ3n) is 4.82. The molecule has 2 aromatic rings. The molecule has 0 radical (unpaired) electrons. The molecule has 1 aliphatic rings. The molecule has 1 amide bonds. The third kappa shape index (κ3) is 4.66. The Bertz CT molecular complexity index is 894. The van der Waals surface area contributed by atoms with Crippen molar-refractivity contribution in [3.8, 4) is 0 Å². The largest absolute Gasteiger partial charge is 0.481 e. The average molecular weight is 388 g/mol. The lowest BCUT2D eigenvalue weighted by molar-refractivity contribution is -0.137. The molecule has 0 aliphatic heterocycles. The molecular formula is C20H24N2O4S. The lowest BCUT2D eigenvalue weighted by Crippen LogP contribution is -2.18. The van der Waals surface area contributed by atoms with Crippen LogP contribution in [-0.2, 0) is 24.1 Å². The first-order valence-corrected chi connectivity index (χ1v) is 9.92. The molecule has 7 heteroatoms. The Hall–Kier alpha value is -2.41. The molecule has 27 heavy (non-hydrogen) atoms. The Morgan fingerprint density at radius 3 is 2.93 bits per heavy atom. The summed E-state index contributed by atoms with van der Waals surface area (Å²) in [4.78, 5) is 25.1. The van der Waals surface area contributed by atoms with Gasteiger partial charge in [-0.1, -0.05) is 6.92 Å². The van der Waals surface area contributed by atoms with E-state index in [1.54, 1.807) is 31.3 Å². The van der Waals surface area contributed by atoms with E-state index in [4.69, 9.17) is 9.52 Å². The summed E-state index contributed by atoms with van der Waals surface area (Å²) in [6, 6.07) is 3.78. The second-order valence-electron chi connectivity index (χ2n) is 7.12. The topological polar surface area (TPSA) is 91.9 Å². The van der Waals surface area contributed by atoms with Gasteiger partial charge in [-0.15, -0.1) is 11.3 Å². The smallest absolute Gasteiger partial charge is 0.303 e. The molecule has 0 spiro atoms. The van der Waals surface area contributed by atoms with E-state index in [9.17, 15) is 9.59 Å². The van der Waals surface area contributed by atoms with Crippen molar-refractivity contribution in [3.63, 3.8) is 0 Å². The number of furan rings is 1. The number of fused-ring (bicyclic) bond motifs is 1. The van der Waals surface area contributed by atoms with Gasteiger partial charge in [0, 0.05) is 16.9 Å². The van der Waals surface area contributed by atoms with Gasteiger partial charge in [-0.3, -0.25) is 9.59 Å². The van der Waals surface area contributed by atoms with Crippen molar-refractivity contribution in [2.45, 2.75) is 52.9 Å². The Balaban J connectivity index is 1.67. The van der Waals surface area contributed by atoms with Crippen LogP contribution in [0.5, 0.6) is 0 Å². The summed E-state index contributed by atoms with van der Waals surface area (Å²) < 4.78 is 5.59. The van der Waals surface area contributed by atoms with Crippen LogP contribution < -0.4 is 5.43 Å². The van der Waals surface area contributed by atoms with Crippen LogP contribution in [0.1, 0.15) is 63.9 Å². The van der Waals surface area contributed by atoms with Crippen molar-refractivity contribution >= 4 is 28.9 Å². The van der Waals surface area contributed by atoms with E-state index in [2.05, 4.69) is 17.5 Å². The lowest BCUT2D eigenvalue weighted by atomic mass is 9.90. The zero-order valence-corrected chi connectivity index (χ0v) is 16.6. The van der Waals surface area contributed by atoms with Gasteiger partial charge in [0.25, 0.3) is 5.91 Å². The first-order valence-electron chi connectivity index (χ1n) is 9.11. The normalized spacial score (nSPS) is 16.9. The number of carbonyl (C=O) groups is 2. The Morgan fingerprint density at radius 2 is 2.19 bits per heavy atom. The maximum Gasteiger partial charge on any atom is 0.303 e. The molecule has 6 nitrogen and oxygen atoms in total. The van der Waals surface area contributed by atoms with Crippen LogP contribution in [0.25, 0.3) is 0 Å². The molecule has 0 aromatic carbocycles. The maximum atomic E-state index is 12.5. The Kier molecular flexibility index (Phi) is 5.79. The zero-order valence-electron chi connectivity index (χ0n) is 15.8. The van der Waals surface area contributed by atoms with E-state index >= 15 is 0 Å². The second-order valence-corrected chi connectivity index (χ2v) is 8.26. The van der Waals surface area contributed by atoms with E-state index in [0.717, 1.165) is 18.4 Å². The minimum absolute atomic E-state index is 0.0149. The summed E-state index contributed by atoms with van der Waals surface area (Å²) >= 11 is 1.55. The number of aliphatic carboxylic acids is 1. The van der Waals surface area contributed by atoms with Gasteiger partial charge in [-0.2, -0.15) is 5.10 Å². The van der Waals surface area contributed by atoms with Gasteiger partial charge in [0.1, 0.15) is 11.5 Å². The molecule has 3 rings (SSSR count). The molecule has 2 heterocycles. The van der Waals surface area contributed by atoms with Crippen LogP contribution in [0, 0.1) is 12.8 Å². The van der Waals surface area contributed by atoms with Crippen LogP contribution in [0.4, 0.5) is 0 Å². The van der Waals surface area contributed by atoms with Gasteiger partial charge in [-0.25, -0.2) is 5.43 Å². The molecule has 2 N–H and O–H groups in total. The van der Waals surface area contributed by atoms with Gasteiger partial charge in [0.15, 0.2) is 0 Å². The van der Waals surface area contributed by atoms with Gasteiger partial charge in [0.2, 0.25) is 0 Å². The molecular weight excluding hydrogens is 364 g/mol. The quantitative estimate of drug-likeness (QED) is 0.579. The first-order chi connectivity index (χ1) is 12.8. The molecule has 144 valence electrons. The number of hydrogen-bond donors (Lipinski definition) is 2. The number of rotatable bonds is 6. The predicted octanol–water partition coefficient (Wildman–Crippen LogP) is 3.95. The molecule has 0 fully saturated rings. The van der Waals surface area contributed by atoms with Crippen LogP contribution in [0.2, 0.25) is 0 Å². The van der Waals surface area contributed by atoms with Gasteiger partial charge >= 0.3 is 5.97 Å². The molecule has 2 aromatic heterocycles. The number of aryl methyl sites for hydroxylation is 3. The number of nitrogens with zero attached hydrogens (tertiary/aromatic N) is 1. The van der Waals surface area contributed by atoms with E-state index in [0.29, 0.717) is 34.4 Å². The standard InChI is InChI=1S/C20H24N2O4S/c1-11-4-6-17-14(8-11)9-18(27-17)20(25)22-21-12(2)16-10-15(26-13(16)3)5-7-19(23)24/h9-11H,4-8H2,1-3H3,(H,22,25)(H,23,24)/b21-12-/t11-/m1/s1. The van der Waals surface area contributed by atoms with Crippen molar-refractivity contribution in [2.24, 2.45) is 11.0 Å². The van der Waals surface area contributed by atoms with Gasteiger partial charge < -0.3 is 9.52 Å².